The highest BCUT2D eigenvalue weighted by Crippen LogP contribution is 2.28. The van der Waals surface area contributed by atoms with Gasteiger partial charge in [-0.25, -0.2) is 21.6 Å². The van der Waals surface area contributed by atoms with Crippen molar-refractivity contribution in [1.82, 2.24) is 9.29 Å². The maximum absolute atomic E-state index is 12.9. The summed E-state index contributed by atoms with van der Waals surface area (Å²) in [6.45, 7) is 0.220. The molecule has 0 spiro atoms. The number of hydrogen-bond donors (Lipinski definition) is 1. The Bertz CT molecular complexity index is 1270. The van der Waals surface area contributed by atoms with Crippen molar-refractivity contribution >= 4 is 31.0 Å². The van der Waals surface area contributed by atoms with Crippen molar-refractivity contribution in [2.45, 2.75) is 27.9 Å². The van der Waals surface area contributed by atoms with Gasteiger partial charge in [-0.1, -0.05) is 18.2 Å². The second-order valence-corrected chi connectivity index (χ2v) is 10.8. The van der Waals surface area contributed by atoms with Crippen LogP contribution < -0.4 is 5.76 Å². The smallest absolute Gasteiger partial charge is 0.408 e. The Morgan fingerprint density at radius 3 is 2.29 bits per heavy atom. The first kappa shape index (κ1) is 18.9. The number of rotatable bonds is 4. The Morgan fingerprint density at radius 2 is 1.61 bits per heavy atom. The van der Waals surface area contributed by atoms with Crippen LogP contribution in [0.5, 0.6) is 0 Å². The van der Waals surface area contributed by atoms with Gasteiger partial charge in [0.25, 0.3) is 0 Å². The van der Waals surface area contributed by atoms with Crippen LogP contribution in [0.25, 0.3) is 11.1 Å². The summed E-state index contributed by atoms with van der Waals surface area (Å²) in [6, 6.07) is 12.3. The quantitative estimate of drug-likeness (QED) is 0.684. The molecule has 2 aromatic carbocycles. The maximum atomic E-state index is 12.9. The second kappa shape index (κ2) is 6.87. The van der Waals surface area contributed by atoms with Crippen molar-refractivity contribution in [1.29, 1.82) is 0 Å². The van der Waals surface area contributed by atoms with Crippen LogP contribution in [0.4, 0.5) is 0 Å². The van der Waals surface area contributed by atoms with Gasteiger partial charge in [0, 0.05) is 13.1 Å². The Morgan fingerprint density at radius 1 is 0.929 bits per heavy atom. The molecule has 0 amide bonds. The molecule has 0 radical (unpaired) electrons. The summed E-state index contributed by atoms with van der Waals surface area (Å²) in [5.41, 5.74) is 0.573. The van der Waals surface area contributed by atoms with E-state index in [0.29, 0.717) is 5.52 Å². The lowest BCUT2D eigenvalue weighted by molar-refractivity contribution is 0.345. The molecule has 10 heteroatoms. The lowest BCUT2D eigenvalue weighted by atomic mass is 10.2. The Labute approximate surface area is 161 Å². The molecule has 3 aromatic rings. The molecule has 0 atom stereocenters. The average Bonchev–Trinajstić information content (AvgIpc) is 3.08. The van der Waals surface area contributed by atoms with Crippen LogP contribution in [0, 0.1) is 0 Å². The Hall–Kier alpha value is -2.43. The second-order valence-electron chi connectivity index (χ2n) is 6.63. The number of H-pyrrole nitrogens is 1. The van der Waals surface area contributed by atoms with Crippen molar-refractivity contribution in [3.05, 3.63) is 59.1 Å². The SMILES string of the molecule is O=c1[nH]c2cc(S(=O)(=O)N3CCC(S(=O)(=O)c4ccccc4)CC3)ccc2o1. The van der Waals surface area contributed by atoms with E-state index in [1.165, 1.54) is 22.5 Å². The third kappa shape index (κ3) is 3.27. The molecule has 1 saturated heterocycles. The first-order valence-electron chi connectivity index (χ1n) is 8.70. The van der Waals surface area contributed by atoms with E-state index in [1.807, 2.05) is 0 Å². The number of sulfone groups is 1. The monoisotopic (exact) mass is 422 g/mol. The first-order valence-corrected chi connectivity index (χ1v) is 11.7. The van der Waals surface area contributed by atoms with Gasteiger partial charge in [-0.2, -0.15) is 4.31 Å². The van der Waals surface area contributed by atoms with Gasteiger partial charge in [-0.3, -0.25) is 4.98 Å². The third-order valence-electron chi connectivity index (χ3n) is 4.94. The lowest BCUT2D eigenvalue weighted by Crippen LogP contribution is -2.42. The zero-order chi connectivity index (χ0) is 19.9. The van der Waals surface area contributed by atoms with Gasteiger partial charge in [-0.05, 0) is 43.2 Å². The summed E-state index contributed by atoms with van der Waals surface area (Å²) < 4.78 is 57.5. The van der Waals surface area contributed by atoms with Crippen LogP contribution in [0.15, 0.2) is 67.5 Å². The fourth-order valence-corrected chi connectivity index (χ4v) is 6.68. The van der Waals surface area contributed by atoms with E-state index >= 15 is 0 Å². The van der Waals surface area contributed by atoms with Crippen LogP contribution in [0.1, 0.15) is 12.8 Å². The molecule has 1 aromatic heterocycles. The molecule has 8 nitrogen and oxygen atoms in total. The molecular formula is C18H18N2O6S2. The zero-order valence-electron chi connectivity index (χ0n) is 14.7. The van der Waals surface area contributed by atoms with Crippen molar-refractivity contribution in [2.24, 2.45) is 0 Å². The predicted molar refractivity (Wildman–Crippen MR) is 102 cm³/mol. The fourth-order valence-electron chi connectivity index (χ4n) is 3.43. The van der Waals surface area contributed by atoms with Gasteiger partial charge in [-0.15, -0.1) is 0 Å². The number of fused-ring (bicyclic) bond motifs is 1. The lowest BCUT2D eigenvalue weighted by Gasteiger charge is -2.31. The van der Waals surface area contributed by atoms with E-state index in [1.54, 1.807) is 30.3 Å². The molecule has 0 saturated carbocycles. The first-order chi connectivity index (χ1) is 13.3. The van der Waals surface area contributed by atoms with Crippen LogP contribution in [-0.2, 0) is 19.9 Å². The minimum absolute atomic E-state index is 0.0291. The van der Waals surface area contributed by atoms with Gasteiger partial charge >= 0.3 is 5.76 Å². The van der Waals surface area contributed by atoms with Crippen molar-refractivity contribution in [2.75, 3.05) is 13.1 Å². The number of benzene rings is 2. The molecule has 1 N–H and O–H groups in total. The minimum Gasteiger partial charge on any atom is -0.408 e. The Kier molecular flexibility index (Phi) is 4.64. The van der Waals surface area contributed by atoms with Gasteiger partial charge < -0.3 is 4.42 Å². The molecule has 1 aliphatic rings. The predicted octanol–water partition coefficient (Wildman–Crippen LogP) is 1.75. The van der Waals surface area contributed by atoms with Crippen LogP contribution in [0.3, 0.4) is 0 Å². The molecule has 28 heavy (non-hydrogen) atoms. The number of sulfonamides is 1. The summed E-state index contributed by atoms with van der Waals surface area (Å²) in [5.74, 6) is -0.656. The molecular weight excluding hydrogens is 404 g/mol. The van der Waals surface area contributed by atoms with Crippen molar-refractivity contribution < 1.29 is 21.3 Å². The standard InChI is InChI=1S/C18H18N2O6S2/c21-18-19-16-12-15(6-7-17(16)26-18)28(24,25)20-10-8-14(9-11-20)27(22,23)13-4-2-1-3-5-13/h1-7,12,14H,8-11H2,(H,19,21). The summed E-state index contributed by atoms with van der Waals surface area (Å²) in [4.78, 5) is 14.0. The third-order valence-corrected chi connectivity index (χ3v) is 9.11. The van der Waals surface area contributed by atoms with Gasteiger partial charge in [0.05, 0.1) is 20.6 Å². The highest BCUT2D eigenvalue weighted by molar-refractivity contribution is 7.92. The van der Waals surface area contributed by atoms with Gasteiger partial charge in [0.2, 0.25) is 10.0 Å². The fraction of sp³-hybridized carbons (Fsp3) is 0.278. The molecule has 1 aliphatic heterocycles. The number of nitrogens with one attached hydrogen (secondary N) is 1. The highest BCUT2D eigenvalue weighted by atomic mass is 32.2. The average molecular weight is 422 g/mol. The number of aromatic amines is 1. The van der Waals surface area contributed by atoms with Gasteiger partial charge in [0.1, 0.15) is 0 Å². The molecule has 1 fully saturated rings. The molecule has 2 heterocycles. The topological polar surface area (TPSA) is 118 Å². The van der Waals surface area contributed by atoms with Gasteiger partial charge in [0.15, 0.2) is 15.4 Å². The number of piperidine rings is 1. The van der Waals surface area contributed by atoms with Crippen LogP contribution in [0.2, 0.25) is 0 Å². The molecule has 0 aliphatic carbocycles. The zero-order valence-corrected chi connectivity index (χ0v) is 16.4. The van der Waals surface area contributed by atoms with Crippen molar-refractivity contribution in [3.63, 3.8) is 0 Å². The number of nitrogens with zero attached hydrogens (tertiary/aromatic N) is 1. The van der Waals surface area contributed by atoms with E-state index < -0.39 is 30.9 Å². The maximum Gasteiger partial charge on any atom is 0.417 e. The van der Waals surface area contributed by atoms with E-state index in [-0.39, 0.29) is 41.3 Å². The Balaban J connectivity index is 1.54. The summed E-state index contributed by atoms with van der Waals surface area (Å²) in [7, 11) is -7.30. The summed E-state index contributed by atoms with van der Waals surface area (Å²) in [6.07, 6.45) is 0.447. The van der Waals surface area contributed by atoms with E-state index in [2.05, 4.69) is 4.98 Å². The number of hydrogen-bond acceptors (Lipinski definition) is 6. The normalized spacial score (nSPS) is 17.1. The van der Waals surface area contributed by atoms with E-state index in [9.17, 15) is 21.6 Å². The molecule has 148 valence electrons. The van der Waals surface area contributed by atoms with Crippen LogP contribution >= 0.6 is 0 Å². The summed E-state index contributed by atoms with van der Waals surface area (Å²) >= 11 is 0. The molecule has 0 unspecified atom stereocenters. The number of oxazole rings is 1. The number of aromatic nitrogens is 1. The van der Waals surface area contributed by atoms with E-state index in [4.69, 9.17) is 4.42 Å². The largest absolute Gasteiger partial charge is 0.417 e. The van der Waals surface area contributed by atoms with Crippen LogP contribution in [-0.4, -0.2) is 44.5 Å². The van der Waals surface area contributed by atoms with Crippen molar-refractivity contribution in [3.8, 4) is 0 Å². The molecule has 0 bridgehead atoms. The summed E-state index contributed by atoms with van der Waals surface area (Å²) in [5, 5.41) is -0.617. The minimum atomic E-state index is -3.80. The van der Waals surface area contributed by atoms with E-state index in [0.717, 1.165) is 0 Å². The highest BCUT2D eigenvalue weighted by Gasteiger charge is 2.35. The molecule has 4 rings (SSSR count).